The summed E-state index contributed by atoms with van der Waals surface area (Å²) in [6.45, 7) is 13.1. The first-order chi connectivity index (χ1) is 38.2. The number of benzene rings is 2. The molecule has 81 heavy (non-hydrogen) atoms. The highest BCUT2D eigenvalue weighted by molar-refractivity contribution is 8.77. The molecule has 2 aromatic carbocycles. The minimum atomic E-state index is -1.82. The minimum absolute atomic E-state index is 0.0149. The Kier molecular flexibility index (Phi) is 21.9. The molecule has 24 heteroatoms. The molecule has 3 heterocycles. The Morgan fingerprint density at radius 1 is 1.05 bits per heavy atom. The second kappa shape index (κ2) is 27.8. The third-order valence-corrected chi connectivity index (χ3v) is 18.8. The van der Waals surface area contributed by atoms with E-state index in [1.165, 1.54) is 52.7 Å². The number of amides is 6. The number of hydrogen-bond donors (Lipinski definition) is 3. The van der Waals surface area contributed by atoms with E-state index in [2.05, 4.69) is 15.8 Å². The summed E-state index contributed by atoms with van der Waals surface area (Å²) in [6.07, 6.45) is 2.91. The standard InChI is InChI=1S/C57H75ClN6O15S2/c1-33-14-12-15-44(75-11)57(73)31-43(77-54(72)59-57)34(2)40-30-56(40,7)45(29-50(69)63(9)41-27-37(26-33)28-42(74-10)52(41)58)78-53(71)36(4)62(8)47(66)23-25-80-81-55(5,6)32-46(65)61-60-35(3)38-17-19-39(20-18-38)76-24-13-16-51(70)79-64-48(67)21-22-49(64)68/h12,14-15,17-20,27-28,34,36,40,43-45,73H,13,16,21-26,29-32H2,1-11H3,(H,59,72)(H,61,65)/b15-12+,33-14+,60-35+/t34-,36-,40-,43-,44+,45-,56-,57-/m0/s1. The lowest BCUT2D eigenvalue weighted by molar-refractivity contribution is -0.197. The number of carbonyl (C=O) groups is 8. The summed E-state index contributed by atoms with van der Waals surface area (Å²) < 4.78 is 28.6. The maximum Gasteiger partial charge on any atom is 0.409 e. The maximum absolute atomic E-state index is 14.4. The zero-order chi connectivity index (χ0) is 59.6. The third kappa shape index (κ3) is 16.8. The van der Waals surface area contributed by atoms with Crippen LogP contribution in [0.5, 0.6) is 11.5 Å². The largest absolute Gasteiger partial charge is 0.495 e. The number of alkyl carbamates (subject to hydrolysis) is 1. The van der Waals surface area contributed by atoms with Gasteiger partial charge in [0.1, 0.15) is 40.9 Å². The van der Waals surface area contributed by atoms with Crippen LogP contribution in [0.15, 0.2) is 65.3 Å². The van der Waals surface area contributed by atoms with Crippen molar-refractivity contribution in [3.05, 3.63) is 76.3 Å². The zero-order valence-corrected chi connectivity index (χ0v) is 50.2. The molecule has 0 unspecified atom stereocenters. The van der Waals surface area contributed by atoms with Gasteiger partial charge in [0.15, 0.2) is 5.72 Å². The van der Waals surface area contributed by atoms with Gasteiger partial charge in [-0.1, -0.05) is 70.8 Å². The van der Waals surface area contributed by atoms with Gasteiger partial charge in [-0.05, 0) is 113 Å². The highest BCUT2D eigenvalue weighted by atomic mass is 35.5. The summed E-state index contributed by atoms with van der Waals surface area (Å²) in [5.74, 6) is -2.85. The van der Waals surface area contributed by atoms with Crippen molar-refractivity contribution in [1.82, 2.24) is 20.7 Å². The van der Waals surface area contributed by atoms with E-state index in [-0.39, 0.29) is 80.2 Å². The Morgan fingerprint density at radius 3 is 2.41 bits per heavy atom. The smallest absolute Gasteiger partial charge is 0.409 e. The molecule has 0 spiro atoms. The maximum atomic E-state index is 14.4. The van der Waals surface area contributed by atoms with Crippen LogP contribution in [0.4, 0.5) is 10.5 Å². The number of nitrogens with zero attached hydrogens (tertiary/aromatic N) is 4. The number of hydroxylamine groups is 2. The number of nitrogens with one attached hydrogen (secondary N) is 2. The molecule has 1 saturated carbocycles. The quantitative estimate of drug-likeness (QED) is 0.0287. The van der Waals surface area contributed by atoms with E-state index in [4.69, 9.17) is 40.1 Å². The fourth-order valence-electron chi connectivity index (χ4n) is 9.95. The molecule has 3 fully saturated rings. The van der Waals surface area contributed by atoms with Crippen LogP contribution in [0, 0.1) is 17.3 Å². The predicted octanol–water partition coefficient (Wildman–Crippen LogP) is 7.63. The first kappa shape index (κ1) is 64.0. The second-order valence-electron chi connectivity index (χ2n) is 21.8. The number of likely N-dealkylation sites (N-methyl/N-ethyl adjacent to an activating group) is 1. The molecule has 1 aliphatic carbocycles. The van der Waals surface area contributed by atoms with Gasteiger partial charge in [0, 0.05) is 69.2 Å². The molecule has 2 saturated heterocycles. The van der Waals surface area contributed by atoms with Crippen LogP contribution in [0.25, 0.3) is 0 Å². The van der Waals surface area contributed by atoms with Gasteiger partial charge in [0.05, 0.1) is 38.0 Å². The molecule has 21 nitrogen and oxygen atoms in total. The number of imide groups is 1. The van der Waals surface area contributed by atoms with Crippen molar-refractivity contribution in [3.63, 3.8) is 0 Å². The fourth-order valence-corrected chi connectivity index (χ4v) is 12.7. The van der Waals surface area contributed by atoms with Crippen LogP contribution in [0.2, 0.25) is 5.02 Å². The number of ether oxygens (including phenoxy) is 5. The highest BCUT2D eigenvalue weighted by Gasteiger charge is 2.62. The third-order valence-electron chi connectivity index (χ3n) is 15.1. The normalized spacial score (nSPS) is 25.8. The first-order valence-corrected chi connectivity index (χ1v) is 29.5. The number of rotatable bonds is 20. The number of esters is 1. The molecule has 6 rings (SSSR count). The van der Waals surface area contributed by atoms with Gasteiger partial charge in [-0.3, -0.25) is 29.3 Å². The Hall–Kier alpha value is -6.14. The van der Waals surface area contributed by atoms with Gasteiger partial charge < -0.3 is 43.4 Å². The Bertz CT molecular complexity index is 2780. The average molecular weight is 1180 g/mol. The number of anilines is 1. The summed E-state index contributed by atoms with van der Waals surface area (Å²) in [7, 11) is 8.90. The van der Waals surface area contributed by atoms with Crippen LogP contribution in [-0.4, -0.2) is 144 Å². The molecule has 4 aliphatic rings. The molecule has 0 aromatic heterocycles. The molecule has 0 radical (unpaired) electrons. The van der Waals surface area contributed by atoms with Crippen molar-refractivity contribution in [2.24, 2.45) is 22.4 Å². The molecule has 8 atom stereocenters. The molecule has 6 amide bonds. The number of allylic oxidation sites excluding steroid dienone is 3. The molecular weight excluding hydrogens is 1110 g/mol. The summed E-state index contributed by atoms with van der Waals surface area (Å²) in [6, 6.07) is 9.55. The van der Waals surface area contributed by atoms with Crippen LogP contribution in [-0.2, 0) is 59.0 Å². The average Bonchev–Trinajstić information content (AvgIpc) is 4.01. The van der Waals surface area contributed by atoms with Crippen molar-refractivity contribution >= 4 is 92.2 Å². The van der Waals surface area contributed by atoms with Crippen molar-refractivity contribution in [2.75, 3.05) is 45.6 Å². The fraction of sp³-hybridized carbons (Fsp3) is 0.561. The number of aliphatic hydroxyl groups is 1. The van der Waals surface area contributed by atoms with Crippen LogP contribution < -0.4 is 25.1 Å². The van der Waals surface area contributed by atoms with Crippen LogP contribution in [0.1, 0.15) is 117 Å². The van der Waals surface area contributed by atoms with E-state index in [9.17, 15) is 43.5 Å². The van der Waals surface area contributed by atoms with Crippen molar-refractivity contribution in [1.29, 1.82) is 0 Å². The van der Waals surface area contributed by atoms with E-state index in [0.717, 1.165) is 16.7 Å². The molecular formula is C57H75ClN6O15S2. The number of methoxy groups -OCH3 is 2. The molecule has 442 valence electrons. The summed E-state index contributed by atoms with van der Waals surface area (Å²) in [5.41, 5.74) is 3.39. The topological polar surface area (TPSA) is 258 Å². The van der Waals surface area contributed by atoms with Crippen LogP contribution >= 0.6 is 33.2 Å². The lowest BCUT2D eigenvalue weighted by Crippen LogP contribution is -2.63. The predicted molar refractivity (Wildman–Crippen MR) is 306 cm³/mol. The number of carbonyl (C=O) groups excluding carboxylic acids is 8. The summed E-state index contributed by atoms with van der Waals surface area (Å²) in [4.78, 5) is 111. The van der Waals surface area contributed by atoms with Crippen LogP contribution in [0.3, 0.4) is 0 Å². The van der Waals surface area contributed by atoms with Crippen molar-refractivity contribution < 1.29 is 72.0 Å². The molecule has 4 bridgehead atoms. The number of hydrogen-bond acceptors (Lipinski definition) is 18. The summed E-state index contributed by atoms with van der Waals surface area (Å²) in [5, 5.41) is 19.5. The summed E-state index contributed by atoms with van der Waals surface area (Å²) >= 11 is 6.85. The number of halogens is 1. The van der Waals surface area contributed by atoms with E-state index in [1.807, 2.05) is 40.7 Å². The van der Waals surface area contributed by atoms with Gasteiger partial charge in [-0.25, -0.2) is 19.8 Å². The van der Waals surface area contributed by atoms with Crippen molar-refractivity contribution in [2.45, 2.75) is 148 Å². The molecule has 3 aliphatic heterocycles. The van der Waals surface area contributed by atoms with Gasteiger partial charge in [-0.2, -0.15) is 5.10 Å². The SMILES string of the molecule is COc1cc2cc(c1Cl)N(C)C(=O)C[C@H](OC(=O)[C@H](C)N(C)C(=O)CCSSC(C)(C)CC(=O)N/N=C(\C)c1ccc(OCCCC(=O)ON3C(=O)CCC3=O)cc1)[C@@]1(C)C[C@H]1[C@H](C)[C@@H]1C[C@@](O)(NC(=O)O1)[C@H](OC)/C=C/C=C(\C)C2. The number of hydrazone groups is 1. The van der Waals surface area contributed by atoms with E-state index in [1.54, 1.807) is 69.4 Å². The number of fused-ring (bicyclic) bond motifs is 5. The van der Waals surface area contributed by atoms with Gasteiger partial charge >= 0.3 is 18.0 Å². The zero-order valence-electron chi connectivity index (χ0n) is 47.8. The first-order valence-electron chi connectivity index (χ1n) is 26.8. The van der Waals surface area contributed by atoms with Gasteiger partial charge in [0.25, 0.3) is 11.8 Å². The van der Waals surface area contributed by atoms with E-state index >= 15 is 0 Å². The second-order valence-corrected chi connectivity index (χ2v) is 25.3. The Morgan fingerprint density at radius 2 is 1.74 bits per heavy atom. The molecule has 3 N–H and O–H groups in total. The monoisotopic (exact) mass is 1180 g/mol. The van der Waals surface area contributed by atoms with E-state index < -0.39 is 76.0 Å². The van der Waals surface area contributed by atoms with Crippen molar-refractivity contribution in [3.8, 4) is 11.5 Å². The lowest BCUT2D eigenvalue weighted by Gasteiger charge is -2.42. The van der Waals surface area contributed by atoms with Gasteiger partial charge in [0.2, 0.25) is 17.7 Å². The minimum Gasteiger partial charge on any atom is -0.495 e. The molecule has 2 aromatic rings. The lowest BCUT2D eigenvalue weighted by atomic mass is 9.83. The van der Waals surface area contributed by atoms with Gasteiger partial charge in [-0.15, -0.1) is 5.06 Å². The highest BCUT2D eigenvalue weighted by Crippen LogP contribution is 2.61. The van der Waals surface area contributed by atoms with E-state index in [0.29, 0.717) is 53.0 Å². The Labute approximate surface area is 485 Å². The Balaban J connectivity index is 1.02.